The Hall–Kier alpha value is -1.58. The summed E-state index contributed by atoms with van der Waals surface area (Å²) in [6.07, 6.45) is 5.62. The minimum absolute atomic E-state index is 0.245. The number of nitrogens with one attached hydrogen (secondary N) is 1. The van der Waals surface area contributed by atoms with Crippen molar-refractivity contribution in [2.45, 2.75) is 12.0 Å². The molecule has 1 fully saturated rings. The number of aromatic amines is 1. The van der Waals surface area contributed by atoms with Crippen molar-refractivity contribution in [3.63, 3.8) is 0 Å². The van der Waals surface area contributed by atoms with Crippen LogP contribution < -0.4 is 0 Å². The van der Waals surface area contributed by atoms with Crippen LogP contribution >= 0.6 is 0 Å². The van der Waals surface area contributed by atoms with Crippen molar-refractivity contribution >= 4 is 16.5 Å². The maximum absolute atomic E-state index is 9.49. The van der Waals surface area contributed by atoms with E-state index in [0.717, 1.165) is 19.5 Å². The fourth-order valence-corrected chi connectivity index (χ4v) is 4.15. The van der Waals surface area contributed by atoms with E-state index in [9.17, 15) is 5.11 Å². The van der Waals surface area contributed by atoms with E-state index in [4.69, 9.17) is 0 Å². The summed E-state index contributed by atoms with van der Waals surface area (Å²) < 4.78 is 0. The van der Waals surface area contributed by atoms with Gasteiger partial charge in [0.05, 0.1) is 12.1 Å². The van der Waals surface area contributed by atoms with E-state index in [1.54, 1.807) is 0 Å². The molecule has 3 aliphatic rings. The Morgan fingerprint density at radius 1 is 1.42 bits per heavy atom. The molecular formula is C16H16N2O. The molecule has 0 bridgehead atoms. The molecule has 1 aromatic heterocycles. The first-order valence-electron chi connectivity index (χ1n) is 6.99. The van der Waals surface area contributed by atoms with Gasteiger partial charge in [-0.2, -0.15) is 0 Å². The Morgan fingerprint density at radius 2 is 2.37 bits per heavy atom. The lowest BCUT2D eigenvalue weighted by atomic mass is 9.77. The monoisotopic (exact) mass is 252 g/mol. The number of H-pyrrole nitrogens is 1. The highest BCUT2D eigenvalue weighted by molar-refractivity contribution is 6.00. The molecule has 2 aliphatic heterocycles. The minimum Gasteiger partial charge on any atom is -0.396 e. The lowest BCUT2D eigenvalue weighted by Crippen LogP contribution is -2.34. The van der Waals surface area contributed by atoms with E-state index >= 15 is 0 Å². The van der Waals surface area contributed by atoms with Gasteiger partial charge in [-0.05, 0) is 29.2 Å². The van der Waals surface area contributed by atoms with Crippen LogP contribution in [0.3, 0.4) is 0 Å². The van der Waals surface area contributed by atoms with Crippen molar-refractivity contribution in [3.8, 4) is 0 Å². The van der Waals surface area contributed by atoms with Crippen molar-refractivity contribution in [2.75, 3.05) is 19.7 Å². The van der Waals surface area contributed by atoms with Crippen LogP contribution in [0.25, 0.3) is 16.5 Å². The van der Waals surface area contributed by atoms with E-state index in [2.05, 4.69) is 40.4 Å². The Kier molecular flexibility index (Phi) is 1.68. The first-order chi connectivity index (χ1) is 9.32. The molecule has 0 radical (unpaired) electrons. The predicted molar refractivity (Wildman–Crippen MR) is 74.9 cm³/mol. The van der Waals surface area contributed by atoms with Gasteiger partial charge in [0.1, 0.15) is 0 Å². The SMILES string of the molecule is OC[C@@H]1C=C2c3cccc4[nH]cc(c34)C[C@]23CN3C1. The number of aliphatic hydroxyl groups excluding tert-OH is 1. The standard InChI is InChI=1S/C16H16N2O/c19-8-10-4-13-12-2-1-3-14-15(12)11(6-17-14)5-16(13)9-18(16)7-10/h1-4,6,10,17,19H,5,7-9H2/t10-,16+,18?/m1/s1. The molecule has 3 heteroatoms. The molecule has 1 aromatic carbocycles. The molecule has 96 valence electrons. The number of nitrogens with zero attached hydrogens (tertiary/aromatic N) is 1. The Bertz CT molecular complexity index is 729. The number of rotatable bonds is 1. The van der Waals surface area contributed by atoms with E-state index in [-0.39, 0.29) is 12.1 Å². The topological polar surface area (TPSA) is 39.0 Å². The largest absolute Gasteiger partial charge is 0.396 e. The molecule has 1 spiro atoms. The molecule has 1 unspecified atom stereocenters. The van der Waals surface area contributed by atoms with Crippen LogP contribution in [0.5, 0.6) is 0 Å². The van der Waals surface area contributed by atoms with E-state index in [1.807, 2.05) is 0 Å². The van der Waals surface area contributed by atoms with Crippen molar-refractivity contribution in [2.24, 2.45) is 5.92 Å². The zero-order valence-electron chi connectivity index (χ0n) is 10.7. The third-order valence-corrected chi connectivity index (χ3v) is 5.11. The number of benzene rings is 1. The zero-order valence-corrected chi connectivity index (χ0v) is 10.7. The average Bonchev–Trinajstić information content (AvgIpc) is 3.00. The van der Waals surface area contributed by atoms with Gasteiger partial charge in [0, 0.05) is 36.1 Å². The molecule has 5 rings (SSSR count). The first-order valence-corrected chi connectivity index (χ1v) is 6.99. The molecule has 1 saturated heterocycles. The van der Waals surface area contributed by atoms with Gasteiger partial charge in [0.25, 0.3) is 0 Å². The maximum atomic E-state index is 9.49. The molecule has 3 atom stereocenters. The van der Waals surface area contributed by atoms with Crippen molar-refractivity contribution < 1.29 is 5.11 Å². The average molecular weight is 252 g/mol. The highest BCUT2D eigenvalue weighted by Crippen LogP contribution is 2.55. The molecule has 3 heterocycles. The van der Waals surface area contributed by atoms with Crippen LogP contribution in [0, 0.1) is 5.92 Å². The summed E-state index contributed by atoms with van der Waals surface area (Å²) in [7, 11) is 0. The number of aliphatic hydroxyl groups is 1. The van der Waals surface area contributed by atoms with E-state index < -0.39 is 0 Å². The third-order valence-electron chi connectivity index (χ3n) is 5.11. The Morgan fingerprint density at radius 3 is 3.26 bits per heavy atom. The smallest absolute Gasteiger partial charge is 0.0634 e. The molecule has 0 saturated carbocycles. The minimum atomic E-state index is 0.245. The van der Waals surface area contributed by atoms with Gasteiger partial charge < -0.3 is 10.1 Å². The molecule has 0 amide bonds. The summed E-state index contributed by atoms with van der Waals surface area (Å²) in [5, 5.41) is 10.9. The number of aromatic nitrogens is 1. The highest BCUT2D eigenvalue weighted by atomic mass is 16.3. The van der Waals surface area contributed by atoms with Crippen LogP contribution in [0.2, 0.25) is 0 Å². The van der Waals surface area contributed by atoms with Crippen molar-refractivity contribution in [1.82, 2.24) is 9.88 Å². The molecule has 19 heavy (non-hydrogen) atoms. The molecule has 2 N–H and O–H groups in total. The van der Waals surface area contributed by atoms with E-state index in [0.29, 0.717) is 5.92 Å². The van der Waals surface area contributed by atoms with Crippen LogP contribution in [0.1, 0.15) is 11.1 Å². The van der Waals surface area contributed by atoms with Gasteiger partial charge in [0.2, 0.25) is 0 Å². The summed E-state index contributed by atoms with van der Waals surface area (Å²) in [6, 6.07) is 6.52. The lowest BCUT2D eigenvalue weighted by molar-refractivity contribution is 0.225. The first kappa shape index (κ1) is 10.2. The fourth-order valence-electron chi connectivity index (χ4n) is 4.15. The van der Waals surface area contributed by atoms with Crippen LogP contribution in [-0.2, 0) is 6.42 Å². The number of hydrogen-bond donors (Lipinski definition) is 2. The van der Waals surface area contributed by atoms with Crippen molar-refractivity contribution in [3.05, 3.63) is 41.6 Å². The lowest BCUT2D eigenvalue weighted by Gasteiger charge is -2.32. The van der Waals surface area contributed by atoms with Crippen molar-refractivity contribution in [1.29, 1.82) is 0 Å². The molecular weight excluding hydrogens is 236 g/mol. The van der Waals surface area contributed by atoms with Gasteiger partial charge in [0.15, 0.2) is 0 Å². The molecule has 2 aromatic rings. The number of hydrogen-bond acceptors (Lipinski definition) is 2. The number of fused-ring (bicyclic) bond motifs is 1. The van der Waals surface area contributed by atoms with Crippen LogP contribution in [-0.4, -0.2) is 40.2 Å². The quantitative estimate of drug-likeness (QED) is 0.759. The second-order valence-corrected chi connectivity index (χ2v) is 6.15. The van der Waals surface area contributed by atoms with Gasteiger partial charge in [-0.1, -0.05) is 18.2 Å². The fraction of sp³-hybridized carbons (Fsp3) is 0.375. The second-order valence-electron chi connectivity index (χ2n) is 6.15. The summed E-state index contributed by atoms with van der Waals surface area (Å²) in [6.45, 7) is 2.41. The van der Waals surface area contributed by atoms with Gasteiger partial charge in [-0.25, -0.2) is 0 Å². The van der Waals surface area contributed by atoms with Crippen LogP contribution in [0.4, 0.5) is 0 Å². The molecule has 1 aliphatic carbocycles. The maximum Gasteiger partial charge on any atom is 0.0634 e. The normalized spacial score (nSPS) is 34.7. The van der Waals surface area contributed by atoms with Gasteiger partial charge in [-0.15, -0.1) is 0 Å². The summed E-state index contributed by atoms with van der Waals surface area (Å²) in [4.78, 5) is 5.92. The van der Waals surface area contributed by atoms with Gasteiger partial charge >= 0.3 is 0 Å². The highest BCUT2D eigenvalue weighted by Gasteiger charge is 2.58. The third kappa shape index (κ3) is 1.11. The van der Waals surface area contributed by atoms with E-state index in [1.165, 1.54) is 27.6 Å². The second kappa shape index (κ2) is 3.11. The summed E-state index contributed by atoms with van der Waals surface area (Å²) >= 11 is 0. The summed E-state index contributed by atoms with van der Waals surface area (Å²) in [5.41, 5.74) is 5.76. The van der Waals surface area contributed by atoms with Gasteiger partial charge in [-0.3, -0.25) is 4.90 Å². The summed E-state index contributed by atoms with van der Waals surface area (Å²) in [5.74, 6) is 0.293. The van der Waals surface area contributed by atoms with Crippen LogP contribution in [0.15, 0.2) is 30.5 Å². The Labute approximate surface area is 111 Å². The predicted octanol–water partition coefficient (Wildman–Crippen LogP) is 1.78. The Balaban J connectivity index is 1.83. The zero-order chi connectivity index (χ0) is 12.6. The molecule has 3 nitrogen and oxygen atoms in total.